The van der Waals surface area contributed by atoms with Gasteiger partial charge in [-0.05, 0) is 30.7 Å². The van der Waals surface area contributed by atoms with Gasteiger partial charge in [-0.25, -0.2) is 9.98 Å². The molecule has 0 aliphatic heterocycles. The highest BCUT2D eigenvalue weighted by Crippen LogP contribution is 2.23. The molecule has 10 heteroatoms. The number of guanidine groups is 1. The maximum atomic E-state index is 12.8. The Morgan fingerprint density at radius 2 is 1.96 bits per heavy atom. The Bertz CT molecular complexity index is 734. The molecule has 1 aromatic heterocycles. The summed E-state index contributed by atoms with van der Waals surface area (Å²) < 4.78 is 26.4. The summed E-state index contributed by atoms with van der Waals surface area (Å²) in [7, 11) is 0. The summed E-state index contributed by atoms with van der Waals surface area (Å²) in [5, 5.41) is 17.0. The summed E-state index contributed by atoms with van der Waals surface area (Å²) in [5.41, 5.74) is 0.555. The number of benzene rings is 1. The second kappa shape index (κ2) is 9.70. The third-order valence-corrected chi connectivity index (χ3v) is 3.85. The van der Waals surface area contributed by atoms with E-state index in [9.17, 15) is 13.9 Å². The van der Waals surface area contributed by atoms with Crippen LogP contribution in [0.4, 0.5) is 8.78 Å². The summed E-state index contributed by atoms with van der Waals surface area (Å²) in [5.74, 6) is 0.503. The number of imidazole rings is 1. The van der Waals surface area contributed by atoms with Gasteiger partial charge in [0.05, 0.1) is 6.10 Å². The second-order valence-electron chi connectivity index (χ2n) is 5.32. The lowest BCUT2D eigenvalue weighted by molar-refractivity contribution is 0.0671. The first-order valence-electron chi connectivity index (χ1n) is 7.86. The van der Waals surface area contributed by atoms with E-state index in [1.165, 1.54) is 12.4 Å². The van der Waals surface area contributed by atoms with Crippen LogP contribution in [0.15, 0.2) is 35.6 Å². The fourth-order valence-corrected chi connectivity index (χ4v) is 2.76. The molecule has 1 aromatic carbocycles. The van der Waals surface area contributed by atoms with Crippen molar-refractivity contribution in [1.29, 1.82) is 0 Å². The molecule has 1 heterocycles. The molecule has 2 rings (SSSR count). The number of rotatable bonds is 7. The first-order chi connectivity index (χ1) is 12.4. The van der Waals surface area contributed by atoms with Crippen LogP contribution >= 0.6 is 23.2 Å². The van der Waals surface area contributed by atoms with E-state index in [4.69, 9.17) is 23.2 Å². The number of nitrogens with one attached hydrogen (secondary N) is 2. The predicted octanol–water partition coefficient (Wildman–Crippen LogP) is 3.37. The highest BCUT2D eigenvalue weighted by molar-refractivity contribution is 6.34. The van der Waals surface area contributed by atoms with Gasteiger partial charge >= 0.3 is 6.55 Å². The summed E-state index contributed by atoms with van der Waals surface area (Å²) in [4.78, 5) is 8.09. The van der Waals surface area contributed by atoms with Crippen LogP contribution < -0.4 is 10.6 Å². The van der Waals surface area contributed by atoms with Gasteiger partial charge in [0.2, 0.25) is 0 Å². The highest BCUT2D eigenvalue weighted by atomic mass is 35.5. The fraction of sp³-hybridized carbons (Fsp3) is 0.375. The van der Waals surface area contributed by atoms with Gasteiger partial charge in [-0.1, -0.05) is 23.2 Å². The Balaban J connectivity index is 2.01. The normalized spacial score (nSPS) is 13.1. The van der Waals surface area contributed by atoms with Crippen molar-refractivity contribution in [1.82, 2.24) is 20.2 Å². The average Bonchev–Trinajstić information content (AvgIpc) is 3.05. The van der Waals surface area contributed by atoms with Gasteiger partial charge in [0.25, 0.3) is 0 Å². The standard InChI is InChI=1S/C16H19Cl2F2N5O/c1-2-21-16(24-9-14-22-3-4-25(14)15(19)20)23-8-13(26)10-5-11(17)7-12(18)6-10/h3-7,13,15,26H,2,8-9H2,1H3,(H2,21,23,24). The predicted molar refractivity (Wildman–Crippen MR) is 97.7 cm³/mol. The quantitative estimate of drug-likeness (QED) is 0.487. The molecule has 0 saturated heterocycles. The number of aromatic nitrogens is 2. The molecule has 2 aromatic rings. The van der Waals surface area contributed by atoms with E-state index in [-0.39, 0.29) is 18.9 Å². The van der Waals surface area contributed by atoms with Crippen molar-refractivity contribution in [2.75, 3.05) is 13.1 Å². The summed E-state index contributed by atoms with van der Waals surface area (Å²) >= 11 is 11.9. The zero-order valence-electron chi connectivity index (χ0n) is 14.0. The summed E-state index contributed by atoms with van der Waals surface area (Å²) in [6.07, 6.45) is 1.62. The monoisotopic (exact) mass is 405 g/mol. The molecule has 0 saturated carbocycles. The number of halogens is 4. The van der Waals surface area contributed by atoms with Crippen molar-refractivity contribution >= 4 is 29.2 Å². The lowest BCUT2D eigenvalue weighted by Gasteiger charge is -2.16. The molecule has 0 radical (unpaired) electrons. The molecule has 0 fully saturated rings. The Morgan fingerprint density at radius 1 is 1.27 bits per heavy atom. The second-order valence-corrected chi connectivity index (χ2v) is 6.20. The van der Waals surface area contributed by atoms with Gasteiger partial charge in [-0.3, -0.25) is 4.57 Å². The fourth-order valence-electron chi connectivity index (χ4n) is 2.21. The highest BCUT2D eigenvalue weighted by Gasteiger charge is 2.12. The molecule has 0 aliphatic rings. The maximum Gasteiger partial charge on any atom is 0.319 e. The van der Waals surface area contributed by atoms with Gasteiger partial charge in [0.1, 0.15) is 12.4 Å². The van der Waals surface area contributed by atoms with Crippen LogP contribution in [0.3, 0.4) is 0 Å². The van der Waals surface area contributed by atoms with E-state index in [1.807, 2.05) is 6.92 Å². The summed E-state index contributed by atoms with van der Waals surface area (Å²) in [6, 6.07) is 4.80. The minimum atomic E-state index is -2.67. The minimum absolute atomic E-state index is 0.0360. The smallest absolute Gasteiger partial charge is 0.319 e. The topological polar surface area (TPSA) is 74.5 Å². The molecule has 0 spiro atoms. The zero-order valence-corrected chi connectivity index (χ0v) is 15.5. The number of aliphatic hydroxyl groups is 1. The van der Waals surface area contributed by atoms with E-state index < -0.39 is 12.7 Å². The molecule has 0 bridgehead atoms. The number of nitrogens with zero attached hydrogens (tertiary/aromatic N) is 3. The number of hydrogen-bond acceptors (Lipinski definition) is 3. The third kappa shape index (κ3) is 5.82. The molecular weight excluding hydrogens is 387 g/mol. The van der Waals surface area contributed by atoms with Crippen LogP contribution in [0.25, 0.3) is 0 Å². The number of aliphatic hydroxyl groups excluding tert-OH is 1. The van der Waals surface area contributed by atoms with Gasteiger partial charge in [-0.2, -0.15) is 8.78 Å². The molecule has 142 valence electrons. The Morgan fingerprint density at radius 3 is 2.58 bits per heavy atom. The molecule has 3 N–H and O–H groups in total. The van der Waals surface area contributed by atoms with Crippen LogP contribution in [-0.2, 0) is 6.54 Å². The van der Waals surface area contributed by atoms with Gasteiger partial charge in [0, 0.05) is 35.5 Å². The van der Waals surface area contributed by atoms with E-state index >= 15 is 0 Å². The van der Waals surface area contributed by atoms with Crippen LogP contribution in [0, 0.1) is 0 Å². The lowest BCUT2D eigenvalue weighted by atomic mass is 10.1. The third-order valence-electron chi connectivity index (χ3n) is 3.41. The maximum absolute atomic E-state index is 12.8. The number of aliphatic imine (C=N–C) groups is 1. The van der Waals surface area contributed by atoms with E-state index in [0.717, 1.165) is 4.57 Å². The van der Waals surface area contributed by atoms with Gasteiger partial charge in [-0.15, -0.1) is 0 Å². The first kappa shape index (κ1) is 20.4. The van der Waals surface area contributed by atoms with Crippen molar-refractivity contribution in [3.05, 3.63) is 52.0 Å². The Labute approximate surface area is 159 Å². The molecule has 1 unspecified atom stereocenters. The van der Waals surface area contributed by atoms with E-state index in [1.54, 1.807) is 18.2 Å². The molecule has 0 aliphatic carbocycles. The van der Waals surface area contributed by atoms with E-state index in [2.05, 4.69) is 20.6 Å². The van der Waals surface area contributed by atoms with Crippen LogP contribution in [0.5, 0.6) is 0 Å². The summed E-state index contributed by atoms with van der Waals surface area (Å²) in [6.45, 7) is -0.149. The molecule has 6 nitrogen and oxygen atoms in total. The van der Waals surface area contributed by atoms with Crippen molar-refractivity contribution < 1.29 is 13.9 Å². The molecule has 0 amide bonds. The van der Waals surface area contributed by atoms with Gasteiger partial charge in [0.15, 0.2) is 5.96 Å². The van der Waals surface area contributed by atoms with Crippen LogP contribution in [0.2, 0.25) is 10.0 Å². The average molecular weight is 406 g/mol. The van der Waals surface area contributed by atoms with Crippen molar-refractivity contribution in [2.24, 2.45) is 4.99 Å². The SMILES string of the molecule is CCNC(=NCc1nccn1C(F)F)NCC(O)c1cc(Cl)cc(Cl)c1. The van der Waals surface area contributed by atoms with Crippen LogP contribution in [-0.4, -0.2) is 33.7 Å². The molecule has 26 heavy (non-hydrogen) atoms. The Kier molecular flexibility index (Phi) is 7.62. The molecular formula is C16H19Cl2F2N5O. The van der Waals surface area contributed by atoms with Crippen molar-refractivity contribution in [2.45, 2.75) is 26.1 Å². The van der Waals surface area contributed by atoms with E-state index in [0.29, 0.717) is 28.1 Å². The zero-order chi connectivity index (χ0) is 19.1. The number of hydrogen-bond donors (Lipinski definition) is 3. The largest absolute Gasteiger partial charge is 0.387 e. The molecule has 1 atom stereocenters. The van der Waals surface area contributed by atoms with Crippen molar-refractivity contribution in [3.8, 4) is 0 Å². The lowest BCUT2D eigenvalue weighted by Crippen LogP contribution is -2.39. The first-order valence-corrected chi connectivity index (χ1v) is 8.62. The van der Waals surface area contributed by atoms with Crippen molar-refractivity contribution in [3.63, 3.8) is 0 Å². The number of alkyl halides is 2. The Hall–Kier alpha value is -1.90. The van der Waals surface area contributed by atoms with Crippen LogP contribution in [0.1, 0.15) is 31.0 Å². The van der Waals surface area contributed by atoms with Gasteiger partial charge < -0.3 is 15.7 Å². The minimum Gasteiger partial charge on any atom is -0.387 e.